The largest absolute Gasteiger partial charge is 0.378 e. The number of nitrogens with one attached hydrogen (secondary N) is 2. The first-order valence-corrected chi connectivity index (χ1v) is 6.88. The Labute approximate surface area is 114 Å². The van der Waals surface area contributed by atoms with E-state index in [1.807, 2.05) is 25.1 Å². The van der Waals surface area contributed by atoms with Crippen LogP contribution in [-0.4, -0.2) is 37.7 Å². The van der Waals surface area contributed by atoms with Crippen LogP contribution in [0.5, 0.6) is 0 Å². The molecule has 0 spiro atoms. The van der Waals surface area contributed by atoms with Gasteiger partial charge in [0, 0.05) is 25.0 Å². The molecule has 1 amide bonds. The van der Waals surface area contributed by atoms with E-state index in [0.29, 0.717) is 13.0 Å². The smallest absolute Gasteiger partial charge is 0.221 e. The van der Waals surface area contributed by atoms with Gasteiger partial charge in [-0.05, 0) is 18.9 Å². The Hall–Kier alpha value is -1.39. The quantitative estimate of drug-likeness (QED) is 0.836. The molecule has 4 heteroatoms. The molecule has 1 aromatic carbocycles. The van der Waals surface area contributed by atoms with Crippen LogP contribution in [0.25, 0.3) is 0 Å². The monoisotopic (exact) mass is 262 g/mol. The number of benzene rings is 1. The third-order valence-electron chi connectivity index (χ3n) is 3.22. The van der Waals surface area contributed by atoms with Crippen molar-refractivity contribution in [2.24, 2.45) is 0 Å². The van der Waals surface area contributed by atoms with Crippen molar-refractivity contribution in [3.63, 3.8) is 0 Å². The van der Waals surface area contributed by atoms with Crippen LogP contribution in [-0.2, 0) is 16.0 Å². The van der Waals surface area contributed by atoms with Crippen molar-refractivity contribution in [1.29, 1.82) is 0 Å². The number of morpholine rings is 1. The molecule has 104 valence electrons. The van der Waals surface area contributed by atoms with Gasteiger partial charge < -0.3 is 15.4 Å². The Kier molecular flexibility index (Phi) is 5.36. The Morgan fingerprint density at radius 3 is 2.95 bits per heavy atom. The summed E-state index contributed by atoms with van der Waals surface area (Å²) in [7, 11) is 0. The second-order valence-electron chi connectivity index (χ2n) is 5.09. The fourth-order valence-electron chi connectivity index (χ4n) is 2.33. The Morgan fingerprint density at radius 2 is 2.26 bits per heavy atom. The van der Waals surface area contributed by atoms with Crippen LogP contribution in [0.2, 0.25) is 0 Å². The Bertz CT molecular complexity index is 388. The van der Waals surface area contributed by atoms with E-state index in [4.69, 9.17) is 4.74 Å². The minimum atomic E-state index is 0.0893. The molecule has 2 rings (SSSR count). The van der Waals surface area contributed by atoms with Crippen molar-refractivity contribution in [2.45, 2.75) is 31.8 Å². The van der Waals surface area contributed by atoms with E-state index in [1.165, 1.54) is 5.56 Å². The third kappa shape index (κ3) is 5.01. The molecule has 2 unspecified atom stereocenters. The maximum atomic E-state index is 11.9. The molecule has 4 nitrogen and oxygen atoms in total. The van der Waals surface area contributed by atoms with Crippen molar-refractivity contribution in [3.8, 4) is 0 Å². The highest BCUT2D eigenvalue weighted by molar-refractivity contribution is 5.76. The van der Waals surface area contributed by atoms with Gasteiger partial charge in [0.15, 0.2) is 0 Å². The van der Waals surface area contributed by atoms with Crippen LogP contribution < -0.4 is 10.6 Å². The zero-order valence-electron chi connectivity index (χ0n) is 11.4. The van der Waals surface area contributed by atoms with Gasteiger partial charge in [-0.15, -0.1) is 0 Å². The molecule has 2 atom stereocenters. The number of carbonyl (C=O) groups excluding carboxylic acids is 1. The highest BCUT2D eigenvalue weighted by Gasteiger charge is 2.17. The predicted octanol–water partition coefficient (Wildman–Crippen LogP) is 1.11. The molecule has 1 saturated heterocycles. The van der Waals surface area contributed by atoms with Crippen LogP contribution in [0.4, 0.5) is 0 Å². The summed E-state index contributed by atoms with van der Waals surface area (Å²) in [6.07, 6.45) is 1.35. The summed E-state index contributed by atoms with van der Waals surface area (Å²) in [6, 6.07) is 10.5. The molecule has 19 heavy (non-hydrogen) atoms. The lowest BCUT2D eigenvalue weighted by atomic mass is 10.1. The summed E-state index contributed by atoms with van der Waals surface area (Å²) < 4.78 is 5.34. The molecule has 2 N–H and O–H groups in total. The summed E-state index contributed by atoms with van der Waals surface area (Å²) in [6.45, 7) is 4.23. The van der Waals surface area contributed by atoms with Crippen LogP contribution in [0.15, 0.2) is 30.3 Å². The second-order valence-corrected chi connectivity index (χ2v) is 5.09. The van der Waals surface area contributed by atoms with Crippen LogP contribution >= 0.6 is 0 Å². The fraction of sp³-hybridized carbons (Fsp3) is 0.533. The number of carbonyl (C=O) groups is 1. The van der Waals surface area contributed by atoms with Gasteiger partial charge in [0.05, 0.1) is 13.2 Å². The molecule has 0 bridgehead atoms. The summed E-state index contributed by atoms with van der Waals surface area (Å²) in [5.41, 5.74) is 1.24. The van der Waals surface area contributed by atoms with Crippen molar-refractivity contribution in [2.75, 3.05) is 19.8 Å². The number of amides is 1. The molecule has 1 aromatic rings. The highest BCUT2D eigenvalue weighted by Crippen LogP contribution is 2.04. The second kappa shape index (κ2) is 7.26. The average Bonchev–Trinajstić information content (AvgIpc) is 2.40. The summed E-state index contributed by atoms with van der Waals surface area (Å²) in [5, 5.41) is 6.33. The topological polar surface area (TPSA) is 50.4 Å². The van der Waals surface area contributed by atoms with E-state index in [2.05, 4.69) is 22.8 Å². The lowest BCUT2D eigenvalue weighted by molar-refractivity contribution is -0.122. The summed E-state index contributed by atoms with van der Waals surface area (Å²) >= 11 is 0. The molecule has 0 radical (unpaired) electrons. The van der Waals surface area contributed by atoms with Crippen molar-refractivity contribution < 1.29 is 9.53 Å². The zero-order chi connectivity index (χ0) is 13.5. The van der Waals surface area contributed by atoms with Gasteiger partial charge in [-0.1, -0.05) is 30.3 Å². The van der Waals surface area contributed by atoms with E-state index >= 15 is 0 Å². The first kappa shape index (κ1) is 14.0. The van der Waals surface area contributed by atoms with Gasteiger partial charge in [-0.3, -0.25) is 4.79 Å². The molecule has 1 aliphatic heterocycles. The first-order chi connectivity index (χ1) is 9.24. The number of hydrogen-bond donors (Lipinski definition) is 2. The fourth-order valence-corrected chi connectivity index (χ4v) is 2.33. The predicted molar refractivity (Wildman–Crippen MR) is 75.0 cm³/mol. The molecule has 0 aliphatic carbocycles. The van der Waals surface area contributed by atoms with Gasteiger partial charge in [0.1, 0.15) is 0 Å². The van der Waals surface area contributed by atoms with E-state index in [-0.39, 0.29) is 18.0 Å². The molecule has 0 saturated carbocycles. The van der Waals surface area contributed by atoms with Crippen LogP contribution in [0.3, 0.4) is 0 Å². The van der Waals surface area contributed by atoms with Gasteiger partial charge in [-0.2, -0.15) is 0 Å². The molecule has 1 heterocycles. The zero-order valence-corrected chi connectivity index (χ0v) is 11.4. The van der Waals surface area contributed by atoms with E-state index < -0.39 is 0 Å². The number of ether oxygens (including phenoxy) is 1. The Morgan fingerprint density at radius 1 is 1.47 bits per heavy atom. The average molecular weight is 262 g/mol. The SMILES string of the molecule is CC(Cc1ccccc1)NC(=O)CC1COCCN1. The Balaban J connectivity index is 1.72. The van der Waals surface area contributed by atoms with Crippen molar-refractivity contribution in [1.82, 2.24) is 10.6 Å². The maximum absolute atomic E-state index is 11.9. The normalized spacial score (nSPS) is 20.8. The molecule has 1 aliphatic rings. The van der Waals surface area contributed by atoms with Gasteiger partial charge >= 0.3 is 0 Å². The molecule has 0 aromatic heterocycles. The molecular formula is C15H22N2O2. The van der Waals surface area contributed by atoms with Gasteiger partial charge in [0.25, 0.3) is 0 Å². The number of rotatable bonds is 5. The molecular weight excluding hydrogens is 240 g/mol. The van der Waals surface area contributed by atoms with Crippen LogP contribution in [0.1, 0.15) is 18.9 Å². The number of hydrogen-bond acceptors (Lipinski definition) is 3. The van der Waals surface area contributed by atoms with Gasteiger partial charge in [-0.25, -0.2) is 0 Å². The van der Waals surface area contributed by atoms with E-state index in [1.54, 1.807) is 0 Å². The highest BCUT2D eigenvalue weighted by atomic mass is 16.5. The molecule has 1 fully saturated rings. The van der Waals surface area contributed by atoms with Crippen molar-refractivity contribution >= 4 is 5.91 Å². The standard InChI is InChI=1S/C15H22N2O2/c1-12(9-13-5-3-2-4-6-13)17-15(18)10-14-11-19-8-7-16-14/h2-6,12,14,16H,7-11H2,1H3,(H,17,18). The minimum Gasteiger partial charge on any atom is -0.378 e. The van der Waals surface area contributed by atoms with E-state index in [9.17, 15) is 4.79 Å². The maximum Gasteiger partial charge on any atom is 0.221 e. The van der Waals surface area contributed by atoms with Crippen molar-refractivity contribution in [3.05, 3.63) is 35.9 Å². The van der Waals surface area contributed by atoms with E-state index in [0.717, 1.165) is 19.6 Å². The third-order valence-corrected chi connectivity index (χ3v) is 3.22. The summed E-state index contributed by atoms with van der Waals surface area (Å²) in [4.78, 5) is 11.9. The summed E-state index contributed by atoms with van der Waals surface area (Å²) in [5.74, 6) is 0.0893. The van der Waals surface area contributed by atoms with Gasteiger partial charge in [0.2, 0.25) is 5.91 Å². The lowest BCUT2D eigenvalue weighted by Gasteiger charge is -2.24. The minimum absolute atomic E-state index is 0.0893. The van der Waals surface area contributed by atoms with Crippen LogP contribution in [0, 0.1) is 0 Å². The lowest BCUT2D eigenvalue weighted by Crippen LogP contribution is -2.45. The first-order valence-electron chi connectivity index (χ1n) is 6.88.